The molecule has 10 rings (SSSR count). The van der Waals surface area contributed by atoms with E-state index in [9.17, 15) is 4.39 Å². The van der Waals surface area contributed by atoms with Crippen LogP contribution in [-0.4, -0.2) is 0 Å². The first-order chi connectivity index (χ1) is 24.7. The molecular formula is C50H37F. The third-order valence-corrected chi connectivity index (χ3v) is 11.9. The lowest BCUT2D eigenvalue weighted by atomic mass is 9.80. The van der Waals surface area contributed by atoms with Gasteiger partial charge in [-0.25, -0.2) is 4.39 Å². The Morgan fingerprint density at radius 3 is 1.35 bits per heavy atom. The van der Waals surface area contributed by atoms with Crippen molar-refractivity contribution in [2.45, 2.75) is 38.5 Å². The maximum Gasteiger partial charge on any atom is 0.123 e. The van der Waals surface area contributed by atoms with Gasteiger partial charge < -0.3 is 0 Å². The summed E-state index contributed by atoms with van der Waals surface area (Å²) in [7, 11) is 0. The van der Waals surface area contributed by atoms with Crippen molar-refractivity contribution < 1.29 is 4.39 Å². The Balaban J connectivity index is 1.25. The lowest BCUT2D eigenvalue weighted by Gasteiger charge is -2.23. The van der Waals surface area contributed by atoms with Gasteiger partial charge in [0.05, 0.1) is 0 Å². The normalized spacial score (nSPS) is 14.7. The Kier molecular flexibility index (Phi) is 6.25. The van der Waals surface area contributed by atoms with Crippen LogP contribution in [0.2, 0.25) is 0 Å². The number of fused-ring (bicyclic) bond motifs is 8. The largest absolute Gasteiger partial charge is 0.207 e. The van der Waals surface area contributed by atoms with Gasteiger partial charge in [-0.2, -0.15) is 0 Å². The summed E-state index contributed by atoms with van der Waals surface area (Å²) in [6, 6.07) is 54.4. The van der Waals surface area contributed by atoms with Crippen LogP contribution in [0.3, 0.4) is 0 Å². The summed E-state index contributed by atoms with van der Waals surface area (Å²) in [6.45, 7) is 9.38. The molecule has 0 radical (unpaired) electrons. The molecule has 0 unspecified atom stereocenters. The Morgan fingerprint density at radius 2 is 0.745 bits per heavy atom. The van der Waals surface area contributed by atoms with Crippen LogP contribution in [0.4, 0.5) is 4.39 Å². The fourth-order valence-electron chi connectivity index (χ4n) is 9.34. The van der Waals surface area contributed by atoms with Gasteiger partial charge in [0.1, 0.15) is 5.82 Å². The van der Waals surface area contributed by atoms with E-state index in [0.717, 1.165) is 16.5 Å². The third-order valence-electron chi connectivity index (χ3n) is 11.9. The predicted octanol–water partition coefficient (Wildman–Crippen LogP) is 13.7. The van der Waals surface area contributed by atoms with Crippen molar-refractivity contribution >= 4 is 21.5 Å². The van der Waals surface area contributed by atoms with Gasteiger partial charge in [0.15, 0.2) is 0 Å². The lowest BCUT2D eigenvalue weighted by molar-refractivity contribution is 0.628. The molecule has 0 nitrogen and oxygen atoms in total. The van der Waals surface area contributed by atoms with Crippen molar-refractivity contribution in [3.8, 4) is 55.6 Å². The van der Waals surface area contributed by atoms with E-state index in [0.29, 0.717) is 0 Å². The average molecular weight is 657 g/mol. The highest BCUT2D eigenvalue weighted by atomic mass is 19.1. The molecule has 0 fully saturated rings. The van der Waals surface area contributed by atoms with Crippen molar-refractivity contribution in [1.29, 1.82) is 0 Å². The van der Waals surface area contributed by atoms with Gasteiger partial charge in [-0.1, -0.05) is 149 Å². The summed E-state index contributed by atoms with van der Waals surface area (Å²) in [6.07, 6.45) is 0. The van der Waals surface area contributed by atoms with Crippen molar-refractivity contribution in [3.05, 3.63) is 180 Å². The molecule has 0 atom stereocenters. The van der Waals surface area contributed by atoms with Gasteiger partial charge in [0.25, 0.3) is 0 Å². The van der Waals surface area contributed by atoms with Gasteiger partial charge >= 0.3 is 0 Å². The molecule has 0 spiro atoms. The Hall–Kier alpha value is -5.79. The second-order valence-corrected chi connectivity index (χ2v) is 15.4. The summed E-state index contributed by atoms with van der Waals surface area (Å²) in [5.41, 5.74) is 17.6. The van der Waals surface area contributed by atoms with E-state index in [-0.39, 0.29) is 16.6 Å². The molecule has 1 heteroatoms. The highest BCUT2D eigenvalue weighted by Crippen LogP contribution is 2.53. The molecule has 0 aromatic heterocycles. The zero-order chi connectivity index (χ0) is 34.6. The Morgan fingerprint density at radius 1 is 0.333 bits per heavy atom. The molecule has 2 aliphatic carbocycles. The molecule has 51 heavy (non-hydrogen) atoms. The van der Waals surface area contributed by atoms with Crippen LogP contribution >= 0.6 is 0 Å². The van der Waals surface area contributed by atoms with Crippen LogP contribution in [0.5, 0.6) is 0 Å². The molecule has 0 bridgehead atoms. The molecular weight excluding hydrogens is 620 g/mol. The highest BCUT2D eigenvalue weighted by molar-refractivity contribution is 6.22. The second-order valence-electron chi connectivity index (χ2n) is 15.4. The third kappa shape index (κ3) is 4.25. The van der Waals surface area contributed by atoms with Gasteiger partial charge in [-0.3, -0.25) is 0 Å². The average Bonchev–Trinajstić information content (AvgIpc) is 3.53. The highest BCUT2D eigenvalue weighted by Gasteiger charge is 2.36. The fourth-order valence-corrected chi connectivity index (χ4v) is 9.34. The summed E-state index contributed by atoms with van der Waals surface area (Å²) < 4.78 is 14.3. The fraction of sp³-hybridized carbons (Fsp3) is 0.120. The van der Waals surface area contributed by atoms with E-state index < -0.39 is 0 Å². The van der Waals surface area contributed by atoms with Crippen molar-refractivity contribution in [2.24, 2.45) is 0 Å². The Bertz CT molecular complexity index is 2740. The van der Waals surface area contributed by atoms with E-state index in [4.69, 9.17) is 0 Å². The van der Waals surface area contributed by atoms with Gasteiger partial charge in [-0.15, -0.1) is 0 Å². The predicted molar refractivity (Wildman–Crippen MR) is 213 cm³/mol. The molecule has 0 saturated heterocycles. The molecule has 0 saturated carbocycles. The van der Waals surface area contributed by atoms with E-state index in [1.54, 1.807) is 12.1 Å². The van der Waals surface area contributed by atoms with Crippen LogP contribution in [-0.2, 0) is 10.8 Å². The monoisotopic (exact) mass is 656 g/mol. The van der Waals surface area contributed by atoms with Crippen LogP contribution < -0.4 is 0 Å². The molecule has 244 valence electrons. The molecule has 8 aromatic rings. The summed E-state index contributed by atoms with van der Waals surface area (Å²) in [4.78, 5) is 0. The topological polar surface area (TPSA) is 0 Å². The van der Waals surface area contributed by atoms with Gasteiger partial charge in [-0.05, 0) is 130 Å². The molecule has 0 aliphatic heterocycles. The van der Waals surface area contributed by atoms with E-state index in [2.05, 4.69) is 155 Å². The zero-order valence-electron chi connectivity index (χ0n) is 29.3. The van der Waals surface area contributed by atoms with Crippen LogP contribution in [0.25, 0.3) is 77.2 Å². The van der Waals surface area contributed by atoms with E-state index in [1.165, 1.54) is 82.9 Å². The summed E-state index contributed by atoms with van der Waals surface area (Å²) in [5, 5.41) is 4.72. The SMILES string of the molecule is CC1(C)c2ccccc2-c2ccc(-c3ccc4c(-c5ccc(F)cc5)c5ccccc5c(-c5ccc6c(c5)C(C)(C)c5ccccc5-6)c4c3)cc21. The van der Waals surface area contributed by atoms with Gasteiger partial charge in [0, 0.05) is 10.8 Å². The first kappa shape index (κ1) is 30.1. The molecule has 0 N–H and O–H groups in total. The van der Waals surface area contributed by atoms with Crippen LogP contribution in [0, 0.1) is 5.82 Å². The van der Waals surface area contributed by atoms with E-state index >= 15 is 0 Å². The summed E-state index contributed by atoms with van der Waals surface area (Å²) >= 11 is 0. The minimum atomic E-state index is -0.227. The first-order valence-electron chi connectivity index (χ1n) is 18.0. The molecule has 0 amide bonds. The summed E-state index contributed by atoms with van der Waals surface area (Å²) in [5.74, 6) is -0.227. The number of benzene rings is 8. The Labute approximate surface area is 298 Å². The first-order valence-corrected chi connectivity index (χ1v) is 18.0. The second kappa shape index (κ2) is 10.6. The maximum atomic E-state index is 14.3. The molecule has 0 heterocycles. The minimum Gasteiger partial charge on any atom is -0.207 e. The number of hydrogen-bond donors (Lipinski definition) is 0. The maximum absolute atomic E-state index is 14.3. The van der Waals surface area contributed by atoms with Gasteiger partial charge in [0.2, 0.25) is 0 Å². The van der Waals surface area contributed by atoms with Crippen LogP contribution in [0.1, 0.15) is 49.9 Å². The number of rotatable bonds is 3. The van der Waals surface area contributed by atoms with Crippen molar-refractivity contribution in [3.63, 3.8) is 0 Å². The molecule has 2 aliphatic rings. The number of hydrogen-bond acceptors (Lipinski definition) is 0. The minimum absolute atomic E-state index is 0.0787. The standard InChI is InChI=1S/C50H37F/c1-49(2)43-15-9-7-11-35(43)37-24-19-32(28-45(37)49)31-20-26-41-42(27-31)48(40-14-6-5-13-39(40)47(41)30-17-22-34(51)23-18-30)33-21-25-38-36-12-8-10-16-44(36)50(3,4)46(38)29-33/h5-29H,1-4H3. The lowest BCUT2D eigenvalue weighted by Crippen LogP contribution is -2.14. The quantitative estimate of drug-likeness (QED) is 0.166. The zero-order valence-corrected chi connectivity index (χ0v) is 29.3. The van der Waals surface area contributed by atoms with Crippen LogP contribution in [0.15, 0.2) is 152 Å². The molecule has 8 aromatic carbocycles. The van der Waals surface area contributed by atoms with Crippen molar-refractivity contribution in [1.82, 2.24) is 0 Å². The van der Waals surface area contributed by atoms with E-state index in [1.807, 2.05) is 12.1 Å². The smallest absolute Gasteiger partial charge is 0.123 e. The number of halogens is 1. The van der Waals surface area contributed by atoms with Crippen molar-refractivity contribution in [2.75, 3.05) is 0 Å².